The monoisotopic (exact) mass is 401 g/mol. The topological polar surface area (TPSA) is 77.2 Å². The first-order chi connectivity index (χ1) is 14.6. The first-order valence-electron chi connectivity index (χ1n) is 10.4. The summed E-state index contributed by atoms with van der Waals surface area (Å²) in [6.45, 7) is 3.21. The number of pyridine rings is 1. The van der Waals surface area contributed by atoms with Crippen molar-refractivity contribution >= 4 is 5.91 Å². The Bertz CT molecular complexity index is 1000. The van der Waals surface area contributed by atoms with Crippen LogP contribution in [0, 0.1) is 0 Å². The number of hydrogen-bond donors (Lipinski definition) is 2. The maximum Gasteiger partial charge on any atom is 0.250 e. The molecule has 2 unspecified atom stereocenters. The van der Waals surface area contributed by atoms with E-state index in [1.807, 2.05) is 6.07 Å². The van der Waals surface area contributed by atoms with Crippen LogP contribution in [-0.2, 0) is 6.42 Å². The second-order valence-corrected chi connectivity index (χ2v) is 7.88. The summed E-state index contributed by atoms with van der Waals surface area (Å²) >= 11 is 0. The number of carbonyl (C=O) groups is 1. The summed E-state index contributed by atoms with van der Waals surface area (Å²) in [4.78, 5) is 15.3. The number of primary amides is 1. The highest BCUT2D eigenvalue weighted by Gasteiger charge is 2.21. The molecule has 1 aromatic heterocycles. The third-order valence-electron chi connectivity index (χ3n) is 5.71. The van der Waals surface area contributed by atoms with Gasteiger partial charge in [0.2, 0.25) is 11.8 Å². The number of nitrogens with zero attached hydrogens (tertiary/aromatic N) is 1. The minimum atomic E-state index is -0.497. The molecule has 0 saturated carbocycles. The van der Waals surface area contributed by atoms with Crippen molar-refractivity contribution in [3.05, 3.63) is 89.1 Å². The Kier molecular flexibility index (Phi) is 6.10. The number of fused-ring (bicyclic) bond motifs is 1. The average molecular weight is 402 g/mol. The lowest BCUT2D eigenvalue weighted by Gasteiger charge is -2.28. The Labute approximate surface area is 177 Å². The quantitative estimate of drug-likeness (QED) is 0.599. The van der Waals surface area contributed by atoms with E-state index in [-0.39, 0.29) is 0 Å². The van der Waals surface area contributed by atoms with Gasteiger partial charge in [0.1, 0.15) is 5.75 Å². The number of amides is 1. The zero-order valence-corrected chi connectivity index (χ0v) is 17.2. The lowest BCUT2D eigenvalue weighted by Crippen LogP contribution is -2.28. The third kappa shape index (κ3) is 4.69. The molecular formula is C25H27N3O2. The van der Waals surface area contributed by atoms with Crippen LogP contribution in [0.25, 0.3) is 0 Å². The van der Waals surface area contributed by atoms with Crippen LogP contribution >= 0.6 is 0 Å². The molecule has 4 rings (SSSR count). The number of hydrogen-bond acceptors (Lipinski definition) is 4. The maximum atomic E-state index is 11.2. The molecule has 5 heteroatoms. The molecule has 3 aromatic rings. The van der Waals surface area contributed by atoms with Crippen molar-refractivity contribution in [2.75, 3.05) is 6.54 Å². The van der Waals surface area contributed by atoms with Gasteiger partial charge in [0, 0.05) is 24.8 Å². The van der Waals surface area contributed by atoms with Crippen molar-refractivity contribution in [2.24, 2.45) is 5.73 Å². The predicted octanol–water partition coefficient (Wildman–Crippen LogP) is 4.74. The standard InChI is InChI=1S/C25H27N3O2/c1-17(18-6-3-2-4-7-18)15-27-23-9-5-8-19-14-21(11-12-22(19)23)30-24-13-10-20(16-28-24)25(26)29/h2-4,6-7,10-14,16-17,23,27H,5,8-9,15H2,1H3,(H2,26,29). The lowest BCUT2D eigenvalue weighted by atomic mass is 9.87. The van der Waals surface area contributed by atoms with Crippen LogP contribution in [0.15, 0.2) is 66.9 Å². The molecule has 5 nitrogen and oxygen atoms in total. The van der Waals surface area contributed by atoms with Crippen molar-refractivity contribution in [3.8, 4) is 11.6 Å². The molecule has 0 fully saturated rings. The molecule has 1 aliphatic rings. The first kappa shape index (κ1) is 20.1. The van der Waals surface area contributed by atoms with Gasteiger partial charge in [0.25, 0.3) is 0 Å². The number of carbonyl (C=O) groups excluding carboxylic acids is 1. The molecule has 154 valence electrons. The summed E-state index contributed by atoms with van der Waals surface area (Å²) < 4.78 is 5.89. The molecule has 2 aromatic carbocycles. The molecule has 0 aliphatic heterocycles. The van der Waals surface area contributed by atoms with E-state index in [9.17, 15) is 4.79 Å². The Morgan fingerprint density at radius 2 is 2.03 bits per heavy atom. The molecule has 0 radical (unpaired) electrons. The molecule has 3 N–H and O–H groups in total. The number of aromatic nitrogens is 1. The molecular weight excluding hydrogens is 374 g/mol. The van der Waals surface area contributed by atoms with E-state index >= 15 is 0 Å². The van der Waals surface area contributed by atoms with Crippen molar-refractivity contribution < 1.29 is 9.53 Å². The number of rotatable bonds is 7. The van der Waals surface area contributed by atoms with Gasteiger partial charge in [-0.1, -0.05) is 43.3 Å². The fraction of sp³-hybridized carbons (Fsp3) is 0.280. The average Bonchev–Trinajstić information content (AvgIpc) is 2.78. The third-order valence-corrected chi connectivity index (χ3v) is 5.71. The summed E-state index contributed by atoms with van der Waals surface area (Å²) in [5, 5.41) is 3.77. The maximum absolute atomic E-state index is 11.2. The van der Waals surface area contributed by atoms with Gasteiger partial charge in [-0.05, 0) is 60.1 Å². The van der Waals surface area contributed by atoms with Crippen molar-refractivity contribution in [2.45, 2.75) is 38.1 Å². The Morgan fingerprint density at radius 3 is 2.77 bits per heavy atom. The van der Waals surface area contributed by atoms with Crippen molar-refractivity contribution in [1.82, 2.24) is 10.3 Å². The Hall–Kier alpha value is -3.18. The van der Waals surface area contributed by atoms with Gasteiger partial charge in [-0.2, -0.15) is 0 Å². The van der Waals surface area contributed by atoms with Crippen LogP contribution in [0.4, 0.5) is 0 Å². The number of benzene rings is 2. The number of nitrogens with one attached hydrogen (secondary N) is 1. The lowest BCUT2D eigenvalue weighted by molar-refractivity contribution is 0.1000. The Morgan fingerprint density at radius 1 is 1.20 bits per heavy atom. The minimum absolute atomic E-state index is 0.363. The highest BCUT2D eigenvalue weighted by molar-refractivity contribution is 5.92. The van der Waals surface area contributed by atoms with Gasteiger partial charge in [-0.25, -0.2) is 4.98 Å². The number of nitrogens with two attached hydrogens (primary N) is 1. The second kappa shape index (κ2) is 9.09. The Balaban J connectivity index is 1.42. The fourth-order valence-corrected chi connectivity index (χ4v) is 3.99. The second-order valence-electron chi connectivity index (χ2n) is 7.88. The van der Waals surface area contributed by atoms with E-state index in [4.69, 9.17) is 10.5 Å². The molecule has 1 heterocycles. The van der Waals surface area contributed by atoms with Gasteiger partial charge in [-0.3, -0.25) is 4.79 Å². The molecule has 1 aliphatic carbocycles. The summed E-state index contributed by atoms with van der Waals surface area (Å²) in [7, 11) is 0. The molecule has 2 atom stereocenters. The summed E-state index contributed by atoms with van der Waals surface area (Å²) in [6.07, 6.45) is 4.78. The first-order valence-corrected chi connectivity index (χ1v) is 10.4. The van der Waals surface area contributed by atoms with E-state index in [1.54, 1.807) is 12.1 Å². The van der Waals surface area contributed by atoms with Gasteiger partial charge < -0.3 is 15.8 Å². The zero-order chi connectivity index (χ0) is 20.9. The van der Waals surface area contributed by atoms with Crippen LogP contribution in [0.2, 0.25) is 0 Å². The largest absolute Gasteiger partial charge is 0.439 e. The molecule has 1 amide bonds. The normalized spacial score (nSPS) is 16.5. The van der Waals surface area contributed by atoms with Gasteiger partial charge in [0.05, 0.1) is 5.56 Å². The van der Waals surface area contributed by atoms with Crippen molar-refractivity contribution in [1.29, 1.82) is 0 Å². The van der Waals surface area contributed by atoms with Gasteiger partial charge in [0.15, 0.2) is 0 Å². The van der Waals surface area contributed by atoms with Crippen LogP contribution in [-0.4, -0.2) is 17.4 Å². The molecule has 0 saturated heterocycles. The van der Waals surface area contributed by atoms with Crippen LogP contribution in [0.3, 0.4) is 0 Å². The van der Waals surface area contributed by atoms with E-state index in [2.05, 4.69) is 59.7 Å². The SMILES string of the molecule is CC(CNC1CCCc2cc(Oc3ccc(C(N)=O)cn3)ccc21)c1ccccc1. The van der Waals surface area contributed by atoms with Crippen LogP contribution in [0.1, 0.15) is 58.8 Å². The summed E-state index contributed by atoms with van der Waals surface area (Å²) in [6, 6.07) is 20.5. The van der Waals surface area contributed by atoms with Crippen molar-refractivity contribution in [3.63, 3.8) is 0 Å². The zero-order valence-electron chi connectivity index (χ0n) is 17.2. The highest BCUT2D eigenvalue weighted by Crippen LogP contribution is 2.33. The number of aryl methyl sites for hydroxylation is 1. The van der Waals surface area contributed by atoms with Crippen LogP contribution in [0.5, 0.6) is 11.6 Å². The van der Waals surface area contributed by atoms with E-state index in [0.717, 1.165) is 31.6 Å². The van der Waals surface area contributed by atoms with E-state index in [1.165, 1.54) is 22.9 Å². The summed E-state index contributed by atoms with van der Waals surface area (Å²) in [5.41, 5.74) is 9.65. The molecule has 0 spiro atoms. The molecule has 30 heavy (non-hydrogen) atoms. The smallest absolute Gasteiger partial charge is 0.250 e. The van der Waals surface area contributed by atoms with Crippen LogP contribution < -0.4 is 15.8 Å². The number of ether oxygens (including phenoxy) is 1. The summed E-state index contributed by atoms with van der Waals surface area (Å²) in [5.74, 6) is 1.17. The molecule has 0 bridgehead atoms. The minimum Gasteiger partial charge on any atom is -0.439 e. The highest BCUT2D eigenvalue weighted by atomic mass is 16.5. The predicted molar refractivity (Wildman–Crippen MR) is 118 cm³/mol. The van der Waals surface area contributed by atoms with Gasteiger partial charge >= 0.3 is 0 Å². The van der Waals surface area contributed by atoms with E-state index in [0.29, 0.717) is 23.4 Å². The van der Waals surface area contributed by atoms with E-state index < -0.39 is 5.91 Å². The fourth-order valence-electron chi connectivity index (χ4n) is 3.99. The van der Waals surface area contributed by atoms with Gasteiger partial charge in [-0.15, -0.1) is 0 Å².